The first kappa shape index (κ1) is 29.2. The number of nitrogens with one attached hydrogen (secondary N) is 1. The summed E-state index contributed by atoms with van der Waals surface area (Å²) in [7, 11) is 6.04. The van der Waals surface area contributed by atoms with Gasteiger partial charge in [-0.3, -0.25) is 14.4 Å². The van der Waals surface area contributed by atoms with Gasteiger partial charge in [0.1, 0.15) is 11.5 Å². The molecule has 9 nitrogen and oxygen atoms in total. The molecule has 7 rings (SSSR count). The Kier molecular flexibility index (Phi) is 7.04. The molecule has 9 heteroatoms. The summed E-state index contributed by atoms with van der Waals surface area (Å²) in [6.07, 6.45) is 3.91. The number of hydrogen-bond acceptors (Lipinski definition) is 8. The second kappa shape index (κ2) is 11.1. The van der Waals surface area contributed by atoms with Crippen LogP contribution in [0.5, 0.6) is 23.0 Å². The maximum Gasteiger partial charge on any atom is 0.238 e. The molecule has 0 saturated carbocycles. The number of fused-ring (bicyclic) bond motifs is 6. The van der Waals surface area contributed by atoms with Crippen molar-refractivity contribution >= 4 is 34.9 Å². The highest BCUT2D eigenvalue weighted by atomic mass is 16.5. The minimum Gasteiger partial charge on any atom is -0.493 e. The fraction of sp³-hybridized carbons (Fsp3) is 0.216. The summed E-state index contributed by atoms with van der Waals surface area (Å²) >= 11 is 0. The molecule has 0 unspecified atom stereocenters. The second-order valence-corrected chi connectivity index (χ2v) is 11.4. The van der Waals surface area contributed by atoms with Crippen LogP contribution in [0.1, 0.15) is 31.8 Å². The van der Waals surface area contributed by atoms with E-state index in [2.05, 4.69) is 5.32 Å². The Morgan fingerprint density at radius 1 is 0.717 bits per heavy atom. The van der Waals surface area contributed by atoms with Crippen LogP contribution in [0.15, 0.2) is 91.0 Å². The van der Waals surface area contributed by atoms with Crippen LogP contribution in [0.4, 0.5) is 11.4 Å². The van der Waals surface area contributed by atoms with Crippen LogP contribution in [0.3, 0.4) is 0 Å². The van der Waals surface area contributed by atoms with Gasteiger partial charge in [-0.2, -0.15) is 0 Å². The van der Waals surface area contributed by atoms with Crippen LogP contribution in [-0.4, -0.2) is 58.0 Å². The van der Waals surface area contributed by atoms with Crippen LogP contribution >= 0.6 is 0 Å². The average Bonchev–Trinajstić information content (AvgIpc) is 3.58. The summed E-state index contributed by atoms with van der Waals surface area (Å²) in [5.74, 6) is -0.518. The Morgan fingerprint density at radius 3 is 1.96 bits per heavy atom. The van der Waals surface area contributed by atoms with E-state index in [1.54, 1.807) is 36.4 Å². The van der Waals surface area contributed by atoms with Crippen molar-refractivity contribution in [3.8, 4) is 23.0 Å². The number of para-hydroxylation sites is 2. The van der Waals surface area contributed by atoms with Gasteiger partial charge < -0.3 is 29.2 Å². The van der Waals surface area contributed by atoms with Crippen LogP contribution in [0.25, 0.3) is 6.08 Å². The maximum atomic E-state index is 15.1. The van der Waals surface area contributed by atoms with E-state index >= 15 is 9.59 Å². The molecular formula is C37H32N2O7. The zero-order valence-corrected chi connectivity index (χ0v) is 25.8. The van der Waals surface area contributed by atoms with E-state index in [0.717, 1.165) is 11.3 Å². The third-order valence-electron chi connectivity index (χ3n) is 9.43. The van der Waals surface area contributed by atoms with Crippen molar-refractivity contribution in [2.45, 2.75) is 17.5 Å². The van der Waals surface area contributed by atoms with Crippen molar-refractivity contribution < 1.29 is 33.3 Å². The van der Waals surface area contributed by atoms with Gasteiger partial charge in [0.2, 0.25) is 5.91 Å². The molecule has 0 bridgehead atoms. The molecule has 4 aromatic rings. The number of carbonyl (C=O) groups is 3. The summed E-state index contributed by atoms with van der Waals surface area (Å²) in [5, 5.41) is 3.05. The summed E-state index contributed by atoms with van der Waals surface area (Å²) in [6, 6.07) is 23.2. The minimum absolute atomic E-state index is 0.293. The van der Waals surface area contributed by atoms with Gasteiger partial charge in [0, 0.05) is 22.5 Å². The third kappa shape index (κ3) is 4.04. The standard InChI is InChI=1S/C37H32N2O7/c1-43-27-16-13-22(19-29(27)45-3)34(40)32-33(35(41)23-14-17-28(44-2)30(20-23)46-4)39-26-12-8-5-9-21(26)15-18-31(39)37(32)24-10-6-7-11-25(24)38-36(37)42/h5-20,31-33H,1-4H3,(H,38,42)/t31-,32-,33+,37+/m1/s1. The number of rotatable bonds is 8. The predicted octanol–water partition coefficient (Wildman–Crippen LogP) is 5.58. The SMILES string of the molecule is COc1ccc(C(=O)[C@@H]2[C@H](C(=O)c3ccc(OC)c(OC)c3)[C@@]3(C(=O)Nc4ccccc43)[C@H]3C=Cc4ccccc4N23)cc1OC. The molecule has 1 N–H and O–H groups in total. The first-order chi connectivity index (χ1) is 22.4. The number of methoxy groups -OCH3 is 4. The number of ketones is 2. The number of benzene rings is 4. The number of ether oxygens (including phenoxy) is 4. The van der Waals surface area contributed by atoms with Crippen molar-refractivity contribution in [2.75, 3.05) is 38.7 Å². The molecular weight excluding hydrogens is 584 g/mol. The maximum absolute atomic E-state index is 15.1. The minimum atomic E-state index is -1.44. The van der Waals surface area contributed by atoms with Crippen molar-refractivity contribution in [3.63, 3.8) is 0 Å². The molecule has 3 heterocycles. The lowest BCUT2D eigenvalue weighted by molar-refractivity contribution is -0.121. The predicted molar refractivity (Wildman–Crippen MR) is 174 cm³/mol. The van der Waals surface area contributed by atoms with Crippen molar-refractivity contribution in [1.82, 2.24) is 0 Å². The third-order valence-corrected chi connectivity index (χ3v) is 9.43. The van der Waals surface area contributed by atoms with Crippen LogP contribution in [0.2, 0.25) is 0 Å². The average molecular weight is 617 g/mol. The van der Waals surface area contributed by atoms with Crippen LogP contribution < -0.4 is 29.2 Å². The van der Waals surface area contributed by atoms with E-state index in [1.165, 1.54) is 28.4 Å². The summed E-state index contributed by atoms with van der Waals surface area (Å²) in [4.78, 5) is 46.7. The van der Waals surface area contributed by atoms with Gasteiger partial charge in [-0.05, 0) is 59.7 Å². The van der Waals surface area contributed by atoms with E-state index < -0.39 is 23.4 Å². The fourth-order valence-electron chi connectivity index (χ4n) is 7.45. The number of hydrogen-bond donors (Lipinski definition) is 1. The van der Waals surface area contributed by atoms with E-state index in [0.29, 0.717) is 45.4 Å². The molecule has 1 amide bonds. The van der Waals surface area contributed by atoms with E-state index in [1.807, 2.05) is 65.6 Å². The van der Waals surface area contributed by atoms with Crippen molar-refractivity contribution in [2.24, 2.45) is 5.92 Å². The normalized spacial score (nSPS) is 22.0. The number of carbonyl (C=O) groups excluding carboxylic acids is 3. The van der Waals surface area contributed by atoms with Crippen LogP contribution in [-0.2, 0) is 10.2 Å². The molecule has 0 radical (unpaired) electrons. The number of Topliss-reactive ketones (excluding diaryl/α,β-unsaturated/α-hetero) is 2. The Morgan fingerprint density at radius 2 is 1.30 bits per heavy atom. The summed E-state index contributed by atoms with van der Waals surface area (Å²) < 4.78 is 22.0. The highest BCUT2D eigenvalue weighted by Crippen LogP contribution is 2.58. The summed E-state index contributed by atoms with van der Waals surface area (Å²) in [5.41, 5.74) is 2.09. The highest BCUT2D eigenvalue weighted by Gasteiger charge is 2.70. The molecule has 232 valence electrons. The summed E-state index contributed by atoms with van der Waals surface area (Å²) in [6.45, 7) is 0. The number of anilines is 2. The van der Waals surface area contributed by atoms with Gasteiger partial charge >= 0.3 is 0 Å². The largest absolute Gasteiger partial charge is 0.493 e. The lowest BCUT2D eigenvalue weighted by Crippen LogP contribution is -2.51. The van der Waals surface area contributed by atoms with Gasteiger partial charge in [-0.15, -0.1) is 0 Å². The van der Waals surface area contributed by atoms with E-state index in [4.69, 9.17) is 18.9 Å². The molecule has 1 spiro atoms. The van der Waals surface area contributed by atoms with Gasteiger partial charge in [-0.1, -0.05) is 48.6 Å². The zero-order valence-electron chi connectivity index (χ0n) is 25.8. The molecule has 4 aromatic carbocycles. The monoisotopic (exact) mass is 616 g/mol. The smallest absolute Gasteiger partial charge is 0.238 e. The van der Waals surface area contributed by atoms with Gasteiger partial charge in [0.15, 0.2) is 34.6 Å². The topological polar surface area (TPSA) is 103 Å². The van der Waals surface area contributed by atoms with Gasteiger partial charge in [0.05, 0.1) is 40.4 Å². The van der Waals surface area contributed by atoms with E-state index in [9.17, 15) is 4.79 Å². The Labute approximate surface area is 266 Å². The number of nitrogens with zero attached hydrogens (tertiary/aromatic N) is 1. The zero-order chi connectivity index (χ0) is 32.2. The quantitative estimate of drug-likeness (QED) is 0.256. The number of amides is 1. The molecule has 0 aromatic heterocycles. The molecule has 3 aliphatic heterocycles. The molecule has 3 aliphatic rings. The first-order valence-electron chi connectivity index (χ1n) is 14.9. The molecule has 1 saturated heterocycles. The molecule has 0 aliphatic carbocycles. The van der Waals surface area contributed by atoms with E-state index in [-0.39, 0.29) is 17.5 Å². The lowest BCUT2D eigenvalue weighted by atomic mass is 9.64. The van der Waals surface area contributed by atoms with Gasteiger partial charge in [-0.25, -0.2) is 0 Å². The second-order valence-electron chi connectivity index (χ2n) is 11.4. The molecule has 46 heavy (non-hydrogen) atoms. The Bertz CT molecular complexity index is 1930. The van der Waals surface area contributed by atoms with Crippen molar-refractivity contribution in [1.29, 1.82) is 0 Å². The molecule has 4 atom stereocenters. The Balaban J connectivity index is 1.51. The fourth-order valence-corrected chi connectivity index (χ4v) is 7.45. The van der Waals surface area contributed by atoms with Crippen molar-refractivity contribution in [3.05, 3.63) is 113 Å². The lowest BCUT2D eigenvalue weighted by Gasteiger charge is -2.37. The highest BCUT2D eigenvalue weighted by molar-refractivity contribution is 6.18. The van der Waals surface area contributed by atoms with Crippen LogP contribution in [0, 0.1) is 5.92 Å². The van der Waals surface area contributed by atoms with Gasteiger partial charge in [0.25, 0.3) is 0 Å². The first-order valence-corrected chi connectivity index (χ1v) is 14.9. The molecule has 1 fully saturated rings. The Hall–Kier alpha value is -5.57.